The minimum atomic E-state index is -4.56. The largest absolute Gasteiger partial charge is 0.449 e. The summed E-state index contributed by atoms with van der Waals surface area (Å²) in [6.45, 7) is 3.71. The molecule has 0 bridgehead atoms. The number of carbonyl (C=O) groups is 1. The van der Waals surface area contributed by atoms with Gasteiger partial charge < -0.3 is 10.3 Å². The molecule has 9 heteroatoms. The zero-order valence-corrected chi connectivity index (χ0v) is 13.8. The molecule has 0 fully saturated rings. The van der Waals surface area contributed by atoms with Crippen LogP contribution in [-0.4, -0.2) is 25.7 Å². The second-order valence-electron chi connectivity index (χ2n) is 5.82. The predicted molar refractivity (Wildman–Crippen MR) is 84.9 cm³/mol. The van der Waals surface area contributed by atoms with Crippen molar-refractivity contribution in [2.45, 2.75) is 26.1 Å². The Balaban J connectivity index is 1.83. The first kappa shape index (κ1) is 17.0. The number of aromatic nitrogens is 4. The maximum Gasteiger partial charge on any atom is 0.449 e. The number of hydrogen-bond acceptors (Lipinski definition) is 3. The smallest absolute Gasteiger partial charge is 0.345 e. The number of aromatic amines is 1. The molecule has 0 saturated heterocycles. The van der Waals surface area contributed by atoms with Crippen molar-refractivity contribution in [3.05, 3.63) is 47.0 Å². The van der Waals surface area contributed by atoms with Gasteiger partial charge in [-0.05, 0) is 32.0 Å². The average Bonchev–Trinajstić information content (AvgIpc) is 3.10. The van der Waals surface area contributed by atoms with E-state index in [0.29, 0.717) is 0 Å². The normalized spacial score (nSPS) is 13.2. The minimum absolute atomic E-state index is 0.153. The van der Waals surface area contributed by atoms with Crippen LogP contribution >= 0.6 is 0 Å². The SMILES string of the molecule is Cc1c(C(C)NC(=O)c2ccc3nc(C(F)(F)F)[nH]c3c2)cnn1C. The van der Waals surface area contributed by atoms with E-state index in [1.165, 1.54) is 18.2 Å². The molecule has 0 aliphatic heterocycles. The van der Waals surface area contributed by atoms with Crippen molar-refractivity contribution in [3.63, 3.8) is 0 Å². The summed E-state index contributed by atoms with van der Waals surface area (Å²) >= 11 is 0. The van der Waals surface area contributed by atoms with Crippen LogP contribution in [0.3, 0.4) is 0 Å². The average molecular weight is 351 g/mol. The second-order valence-corrected chi connectivity index (χ2v) is 5.82. The van der Waals surface area contributed by atoms with E-state index in [0.717, 1.165) is 11.3 Å². The van der Waals surface area contributed by atoms with Gasteiger partial charge in [0.1, 0.15) is 0 Å². The Morgan fingerprint density at radius 1 is 1.36 bits per heavy atom. The van der Waals surface area contributed by atoms with Crippen LogP contribution < -0.4 is 5.32 Å². The van der Waals surface area contributed by atoms with Crippen molar-refractivity contribution >= 4 is 16.9 Å². The molecule has 1 atom stereocenters. The highest BCUT2D eigenvalue weighted by molar-refractivity contribution is 5.97. The Kier molecular flexibility index (Phi) is 4.02. The minimum Gasteiger partial charge on any atom is -0.345 e. The molecule has 2 N–H and O–H groups in total. The Labute approximate surface area is 141 Å². The van der Waals surface area contributed by atoms with Gasteiger partial charge in [0.2, 0.25) is 5.82 Å². The van der Waals surface area contributed by atoms with Crippen LogP contribution in [0.5, 0.6) is 0 Å². The van der Waals surface area contributed by atoms with Crippen LogP contribution in [0.2, 0.25) is 0 Å². The highest BCUT2D eigenvalue weighted by Gasteiger charge is 2.34. The molecule has 0 radical (unpaired) electrons. The molecule has 1 unspecified atom stereocenters. The van der Waals surface area contributed by atoms with Crippen molar-refractivity contribution in [3.8, 4) is 0 Å². The molecule has 0 saturated carbocycles. The highest BCUT2D eigenvalue weighted by atomic mass is 19.4. The maximum atomic E-state index is 12.7. The fourth-order valence-electron chi connectivity index (χ4n) is 2.58. The monoisotopic (exact) mass is 351 g/mol. The number of halogens is 3. The lowest BCUT2D eigenvalue weighted by Crippen LogP contribution is -2.26. The van der Waals surface area contributed by atoms with Crippen LogP contribution in [0.25, 0.3) is 11.0 Å². The number of nitrogens with one attached hydrogen (secondary N) is 2. The summed E-state index contributed by atoms with van der Waals surface area (Å²) in [6.07, 6.45) is -2.89. The van der Waals surface area contributed by atoms with Gasteiger partial charge in [-0.1, -0.05) is 0 Å². The van der Waals surface area contributed by atoms with E-state index in [1.54, 1.807) is 17.9 Å². The number of hydrogen-bond donors (Lipinski definition) is 2. The molecule has 2 aromatic heterocycles. The third-order valence-electron chi connectivity index (χ3n) is 4.10. The summed E-state index contributed by atoms with van der Waals surface area (Å²) in [5, 5.41) is 6.95. The standard InChI is InChI=1S/C16H16F3N5O/c1-8(11-7-20-24(3)9(11)2)21-14(25)10-4-5-12-13(6-10)23-15(22-12)16(17,18)19/h4-8H,1-3H3,(H,21,25)(H,22,23). The van der Waals surface area contributed by atoms with E-state index in [-0.39, 0.29) is 28.5 Å². The van der Waals surface area contributed by atoms with Gasteiger partial charge >= 0.3 is 6.18 Å². The van der Waals surface area contributed by atoms with Crippen LogP contribution in [0, 0.1) is 6.92 Å². The highest BCUT2D eigenvalue weighted by Crippen LogP contribution is 2.28. The summed E-state index contributed by atoms with van der Waals surface area (Å²) in [5.41, 5.74) is 2.35. The third-order valence-corrected chi connectivity index (χ3v) is 4.10. The predicted octanol–water partition coefficient (Wildman–Crippen LogP) is 3.11. The summed E-state index contributed by atoms with van der Waals surface area (Å²) < 4.78 is 39.8. The van der Waals surface area contributed by atoms with Crippen LogP contribution in [0.15, 0.2) is 24.4 Å². The van der Waals surface area contributed by atoms with Gasteiger partial charge in [-0.2, -0.15) is 18.3 Å². The molecule has 2 heterocycles. The zero-order valence-electron chi connectivity index (χ0n) is 13.8. The first-order valence-corrected chi connectivity index (χ1v) is 7.53. The lowest BCUT2D eigenvalue weighted by molar-refractivity contribution is -0.144. The zero-order chi connectivity index (χ0) is 18.4. The van der Waals surface area contributed by atoms with Gasteiger partial charge in [-0.25, -0.2) is 4.98 Å². The second kappa shape index (κ2) is 5.91. The Morgan fingerprint density at radius 3 is 2.68 bits per heavy atom. The lowest BCUT2D eigenvalue weighted by atomic mass is 10.1. The quantitative estimate of drug-likeness (QED) is 0.761. The van der Waals surface area contributed by atoms with Gasteiger partial charge in [-0.3, -0.25) is 9.48 Å². The molecule has 0 spiro atoms. The maximum absolute atomic E-state index is 12.7. The van der Waals surface area contributed by atoms with E-state index in [1.807, 2.05) is 13.8 Å². The number of imidazole rings is 1. The van der Waals surface area contributed by atoms with Crippen LogP contribution in [0.1, 0.15) is 40.4 Å². The summed E-state index contributed by atoms with van der Waals surface area (Å²) in [7, 11) is 1.80. The third kappa shape index (κ3) is 3.21. The number of nitrogens with zero attached hydrogens (tertiary/aromatic N) is 3. The molecular formula is C16H16F3N5O. The van der Waals surface area contributed by atoms with Crippen molar-refractivity contribution in [2.75, 3.05) is 0 Å². The van der Waals surface area contributed by atoms with Crippen molar-refractivity contribution < 1.29 is 18.0 Å². The fourth-order valence-corrected chi connectivity index (χ4v) is 2.58. The van der Waals surface area contributed by atoms with E-state index in [2.05, 4.69) is 20.4 Å². The van der Waals surface area contributed by atoms with Gasteiger partial charge in [0, 0.05) is 23.9 Å². The summed E-state index contributed by atoms with van der Waals surface area (Å²) in [4.78, 5) is 18.1. The first-order chi connectivity index (χ1) is 11.7. The van der Waals surface area contributed by atoms with E-state index >= 15 is 0 Å². The fraction of sp³-hybridized carbons (Fsp3) is 0.312. The number of benzene rings is 1. The Bertz CT molecular complexity index is 941. The molecular weight excluding hydrogens is 335 g/mol. The molecule has 1 aromatic carbocycles. The summed E-state index contributed by atoms with van der Waals surface area (Å²) in [6, 6.07) is 3.90. The van der Waals surface area contributed by atoms with E-state index in [4.69, 9.17) is 0 Å². The van der Waals surface area contributed by atoms with Gasteiger partial charge in [0.05, 0.1) is 23.3 Å². The lowest BCUT2D eigenvalue weighted by Gasteiger charge is -2.13. The molecule has 3 rings (SSSR count). The molecule has 3 aromatic rings. The van der Waals surface area contributed by atoms with E-state index in [9.17, 15) is 18.0 Å². The number of aryl methyl sites for hydroxylation is 1. The molecule has 6 nitrogen and oxygen atoms in total. The first-order valence-electron chi connectivity index (χ1n) is 7.53. The van der Waals surface area contributed by atoms with Crippen molar-refractivity contribution in [1.29, 1.82) is 0 Å². The Morgan fingerprint density at radius 2 is 2.08 bits per heavy atom. The van der Waals surface area contributed by atoms with Crippen molar-refractivity contribution in [2.24, 2.45) is 7.05 Å². The number of carbonyl (C=O) groups excluding carboxylic acids is 1. The van der Waals surface area contributed by atoms with Gasteiger partial charge in [-0.15, -0.1) is 0 Å². The molecule has 0 aliphatic rings. The van der Waals surface area contributed by atoms with Gasteiger partial charge in [0.15, 0.2) is 0 Å². The molecule has 1 amide bonds. The number of fused-ring (bicyclic) bond motifs is 1. The molecule has 0 aliphatic carbocycles. The summed E-state index contributed by atoms with van der Waals surface area (Å²) in [5.74, 6) is -1.47. The molecule has 132 valence electrons. The Hall–Kier alpha value is -2.84. The number of rotatable bonds is 3. The topological polar surface area (TPSA) is 75.6 Å². The van der Waals surface area contributed by atoms with Crippen LogP contribution in [-0.2, 0) is 13.2 Å². The number of alkyl halides is 3. The number of H-pyrrole nitrogens is 1. The number of amides is 1. The van der Waals surface area contributed by atoms with Crippen LogP contribution in [0.4, 0.5) is 13.2 Å². The van der Waals surface area contributed by atoms with Gasteiger partial charge in [0.25, 0.3) is 5.91 Å². The van der Waals surface area contributed by atoms with E-state index < -0.39 is 12.0 Å². The molecule has 25 heavy (non-hydrogen) atoms. The van der Waals surface area contributed by atoms with Crippen molar-refractivity contribution in [1.82, 2.24) is 25.1 Å².